The van der Waals surface area contributed by atoms with Crippen molar-refractivity contribution in [3.8, 4) is 0 Å². The van der Waals surface area contributed by atoms with Crippen molar-refractivity contribution in [1.82, 2.24) is 4.98 Å². The maximum atomic E-state index is 13.1. The van der Waals surface area contributed by atoms with E-state index in [-0.39, 0.29) is 17.2 Å². The Labute approximate surface area is 81.0 Å². The highest BCUT2D eigenvalue weighted by molar-refractivity contribution is 5.23. The molecule has 1 nitrogen and oxygen atoms in total. The fourth-order valence-electron chi connectivity index (χ4n) is 1.14. The molecule has 0 N–H and O–H groups in total. The van der Waals surface area contributed by atoms with Gasteiger partial charge in [0.25, 0.3) is 5.92 Å². The van der Waals surface area contributed by atoms with Gasteiger partial charge in [-0.25, -0.2) is 4.39 Å². The SMILES string of the molecule is CC(C)c1cc(C(C)(F)F)ncc1F. The van der Waals surface area contributed by atoms with Crippen molar-refractivity contribution in [2.75, 3.05) is 0 Å². The number of pyridine rings is 1. The first-order chi connectivity index (χ1) is 6.32. The molecule has 1 aromatic heterocycles. The average Bonchev–Trinajstić information content (AvgIpc) is 2.02. The van der Waals surface area contributed by atoms with E-state index >= 15 is 0 Å². The fourth-order valence-corrected chi connectivity index (χ4v) is 1.14. The number of alkyl halides is 2. The summed E-state index contributed by atoms with van der Waals surface area (Å²) in [6, 6.07) is 1.12. The third-order valence-electron chi connectivity index (χ3n) is 1.96. The Morgan fingerprint density at radius 3 is 2.36 bits per heavy atom. The Hall–Kier alpha value is -1.06. The molecule has 0 unspecified atom stereocenters. The van der Waals surface area contributed by atoms with Crippen molar-refractivity contribution >= 4 is 0 Å². The van der Waals surface area contributed by atoms with Gasteiger partial charge in [0.05, 0.1) is 6.20 Å². The van der Waals surface area contributed by atoms with Crippen molar-refractivity contribution in [1.29, 1.82) is 0 Å². The summed E-state index contributed by atoms with van der Waals surface area (Å²) in [5.41, 5.74) is -0.112. The summed E-state index contributed by atoms with van der Waals surface area (Å²) in [5, 5.41) is 0. The third kappa shape index (κ3) is 2.25. The minimum atomic E-state index is -3.02. The molecule has 0 atom stereocenters. The van der Waals surface area contributed by atoms with Crippen LogP contribution in [0.2, 0.25) is 0 Å². The zero-order valence-electron chi connectivity index (χ0n) is 8.31. The molecular weight excluding hydrogens is 191 g/mol. The molecule has 0 aliphatic heterocycles. The number of hydrogen-bond donors (Lipinski definition) is 0. The molecule has 0 spiro atoms. The Balaban J connectivity index is 3.20. The summed E-state index contributed by atoms with van der Waals surface area (Å²) in [7, 11) is 0. The summed E-state index contributed by atoms with van der Waals surface area (Å²) >= 11 is 0. The number of halogens is 3. The van der Waals surface area contributed by atoms with Crippen LogP contribution in [-0.4, -0.2) is 4.98 Å². The van der Waals surface area contributed by atoms with E-state index in [1.807, 2.05) is 0 Å². The molecule has 14 heavy (non-hydrogen) atoms. The average molecular weight is 203 g/mol. The highest BCUT2D eigenvalue weighted by Gasteiger charge is 2.27. The van der Waals surface area contributed by atoms with Crippen molar-refractivity contribution in [3.63, 3.8) is 0 Å². The fraction of sp³-hybridized carbons (Fsp3) is 0.500. The largest absolute Gasteiger partial charge is 0.286 e. The predicted octanol–water partition coefficient (Wildman–Crippen LogP) is 3.46. The maximum absolute atomic E-state index is 13.1. The van der Waals surface area contributed by atoms with Crippen molar-refractivity contribution in [3.05, 3.63) is 29.3 Å². The quantitative estimate of drug-likeness (QED) is 0.717. The highest BCUT2D eigenvalue weighted by Crippen LogP contribution is 2.28. The van der Waals surface area contributed by atoms with Crippen LogP contribution in [-0.2, 0) is 5.92 Å². The second-order valence-electron chi connectivity index (χ2n) is 3.63. The van der Waals surface area contributed by atoms with Gasteiger partial charge in [0.1, 0.15) is 11.5 Å². The Morgan fingerprint density at radius 1 is 1.36 bits per heavy atom. The predicted molar refractivity (Wildman–Crippen MR) is 47.9 cm³/mol. The van der Waals surface area contributed by atoms with Crippen LogP contribution in [0, 0.1) is 5.82 Å². The second kappa shape index (κ2) is 3.59. The summed E-state index contributed by atoms with van der Waals surface area (Å²) in [6.07, 6.45) is 0.849. The van der Waals surface area contributed by atoms with Gasteiger partial charge >= 0.3 is 0 Å². The van der Waals surface area contributed by atoms with Crippen molar-refractivity contribution in [2.45, 2.75) is 32.6 Å². The monoisotopic (exact) mass is 203 g/mol. The standard InChI is InChI=1S/C10H12F3N/c1-6(2)7-4-9(10(3,12)13)14-5-8(7)11/h4-6H,1-3H3. The van der Waals surface area contributed by atoms with Gasteiger partial charge in [-0.15, -0.1) is 0 Å². The molecule has 0 fully saturated rings. The first kappa shape index (κ1) is 11.0. The van der Waals surface area contributed by atoms with E-state index in [4.69, 9.17) is 0 Å². The van der Waals surface area contributed by atoms with Gasteiger partial charge in [-0.1, -0.05) is 13.8 Å². The summed E-state index contributed by atoms with van der Waals surface area (Å²) in [5.74, 6) is -3.68. The van der Waals surface area contributed by atoms with E-state index in [1.165, 1.54) is 0 Å². The summed E-state index contributed by atoms with van der Waals surface area (Å²) in [6.45, 7) is 4.24. The lowest BCUT2D eigenvalue weighted by Crippen LogP contribution is -2.11. The Morgan fingerprint density at radius 2 is 1.93 bits per heavy atom. The summed E-state index contributed by atoms with van der Waals surface area (Å²) in [4.78, 5) is 3.37. The molecule has 1 heterocycles. The molecule has 0 aliphatic rings. The molecule has 1 rings (SSSR count). The molecule has 0 bridgehead atoms. The molecule has 0 aromatic carbocycles. The number of nitrogens with zero attached hydrogens (tertiary/aromatic N) is 1. The van der Waals surface area contributed by atoms with Gasteiger partial charge in [0, 0.05) is 6.92 Å². The van der Waals surface area contributed by atoms with Crippen molar-refractivity contribution in [2.24, 2.45) is 0 Å². The van der Waals surface area contributed by atoms with Crippen LogP contribution in [0.25, 0.3) is 0 Å². The van der Waals surface area contributed by atoms with E-state index in [0.29, 0.717) is 0 Å². The van der Waals surface area contributed by atoms with Crippen LogP contribution in [0.15, 0.2) is 12.3 Å². The van der Waals surface area contributed by atoms with Gasteiger partial charge in [0.2, 0.25) is 0 Å². The maximum Gasteiger partial charge on any atom is 0.286 e. The first-order valence-electron chi connectivity index (χ1n) is 4.36. The second-order valence-corrected chi connectivity index (χ2v) is 3.63. The third-order valence-corrected chi connectivity index (χ3v) is 1.96. The number of rotatable bonds is 2. The van der Waals surface area contributed by atoms with Crippen LogP contribution in [0.5, 0.6) is 0 Å². The lowest BCUT2D eigenvalue weighted by Gasteiger charge is -2.13. The van der Waals surface area contributed by atoms with E-state index < -0.39 is 11.7 Å². The molecule has 4 heteroatoms. The van der Waals surface area contributed by atoms with Crippen LogP contribution in [0.1, 0.15) is 37.9 Å². The lowest BCUT2D eigenvalue weighted by atomic mass is 10.0. The van der Waals surface area contributed by atoms with Gasteiger partial charge in [-0.3, -0.25) is 4.98 Å². The van der Waals surface area contributed by atoms with Crippen LogP contribution >= 0.6 is 0 Å². The van der Waals surface area contributed by atoms with Gasteiger partial charge in [-0.2, -0.15) is 8.78 Å². The molecule has 0 aliphatic carbocycles. The molecule has 1 aromatic rings. The topological polar surface area (TPSA) is 12.9 Å². The normalized spacial score (nSPS) is 12.2. The van der Waals surface area contributed by atoms with E-state index in [9.17, 15) is 13.2 Å². The minimum absolute atomic E-state index is 0.126. The summed E-state index contributed by atoms with van der Waals surface area (Å²) < 4.78 is 38.8. The first-order valence-corrected chi connectivity index (χ1v) is 4.36. The minimum Gasteiger partial charge on any atom is -0.252 e. The molecule has 0 saturated carbocycles. The van der Waals surface area contributed by atoms with Gasteiger partial charge in [0.15, 0.2) is 0 Å². The van der Waals surface area contributed by atoms with Crippen LogP contribution < -0.4 is 0 Å². The van der Waals surface area contributed by atoms with E-state index in [0.717, 1.165) is 19.2 Å². The number of aromatic nitrogens is 1. The number of hydrogen-bond acceptors (Lipinski definition) is 1. The Bertz CT molecular complexity index is 329. The van der Waals surface area contributed by atoms with E-state index in [1.54, 1.807) is 13.8 Å². The smallest absolute Gasteiger partial charge is 0.252 e. The highest BCUT2D eigenvalue weighted by atomic mass is 19.3. The van der Waals surface area contributed by atoms with Crippen LogP contribution in [0.3, 0.4) is 0 Å². The Kier molecular flexibility index (Phi) is 2.83. The molecule has 78 valence electrons. The molecule has 0 amide bonds. The van der Waals surface area contributed by atoms with Crippen molar-refractivity contribution < 1.29 is 13.2 Å². The van der Waals surface area contributed by atoms with Gasteiger partial charge in [-0.05, 0) is 17.5 Å². The molecular formula is C10H12F3N. The van der Waals surface area contributed by atoms with Gasteiger partial charge < -0.3 is 0 Å². The molecule has 0 saturated heterocycles. The lowest BCUT2D eigenvalue weighted by molar-refractivity contribution is 0.0125. The zero-order chi connectivity index (χ0) is 10.9. The van der Waals surface area contributed by atoms with E-state index in [2.05, 4.69) is 4.98 Å². The zero-order valence-corrected chi connectivity index (χ0v) is 8.31. The molecule has 0 radical (unpaired) electrons. The van der Waals surface area contributed by atoms with Crippen LogP contribution in [0.4, 0.5) is 13.2 Å².